The van der Waals surface area contributed by atoms with Crippen LogP contribution in [-0.4, -0.2) is 36.4 Å². The molecule has 1 aromatic heterocycles. The molecule has 10 heteroatoms. The second-order valence-electron chi connectivity index (χ2n) is 7.62. The summed E-state index contributed by atoms with van der Waals surface area (Å²) in [4.78, 5) is 3.91. The van der Waals surface area contributed by atoms with Gasteiger partial charge in [0.1, 0.15) is 29.9 Å². The van der Waals surface area contributed by atoms with Gasteiger partial charge >= 0.3 is 0 Å². The lowest BCUT2D eigenvalue weighted by Gasteiger charge is -2.29. The van der Waals surface area contributed by atoms with Crippen molar-refractivity contribution in [3.05, 3.63) is 77.9 Å². The molecule has 0 N–H and O–H groups in total. The monoisotopic (exact) mass is 449 g/mol. The highest BCUT2D eigenvalue weighted by molar-refractivity contribution is 7.86. The Labute approximate surface area is 178 Å². The second kappa shape index (κ2) is 8.45. The van der Waals surface area contributed by atoms with Gasteiger partial charge in [0.2, 0.25) is 0 Å². The topological polar surface area (TPSA) is 83.3 Å². The zero-order valence-corrected chi connectivity index (χ0v) is 17.6. The number of aromatic nitrogens is 3. The Morgan fingerprint density at radius 3 is 2.55 bits per heavy atom. The molecule has 164 valence electrons. The fraction of sp³-hybridized carbons (Fsp3) is 0.333. The normalized spacial score (nSPS) is 21.5. The third kappa shape index (κ3) is 4.51. The van der Waals surface area contributed by atoms with Crippen LogP contribution in [0.2, 0.25) is 0 Å². The van der Waals surface area contributed by atoms with Gasteiger partial charge in [-0.3, -0.25) is 4.18 Å². The maximum atomic E-state index is 14.6. The van der Waals surface area contributed by atoms with Crippen LogP contribution in [0.15, 0.2) is 60.0 Å². The van der Waals surface area contributed by atoms with Gasteiger partial charge in [-0.1, -0.05) is 23.8 Å². The average molecular weight is 449 g/mol. The minimum atomic E-state index is -3.96. The molecule has 4 rings (SSSR count). The smallest absolute Gasteiger partial charge is 0.296 e. The summed E-state index contributed by atoms with van der Waals surface area (Å²) in [7, 11) is -3.96. The number of rotatable bonds is 7. The summed E-state index contributed by atoms with van der Waals surface area (Å²) in [6, 6.07) is 9.91. The predicted octanol–water partition coefficient (Wildman–Crippen LogP) is 3.20. The molecule has 0 spiro atoms. The van der Waals surface area contributed by atoms with E-state index in [2.05, 4.69) is 10.1 Å². The lowest BCUT2D eigenvalue weighted by molar-refractivity contribution is -0.0233. The van der Waals surface area contributed by atoms with Crippen molar-refractivity contribution >= 4 is 10.1 Å². The molecule has 0 aliphatic carbocycles. The zero-order valence-electron chi connectivity index (χ0n) is 16.7. The van der Waals surface area contributed by atoms with Crippen molar-refractivity contribution in [1.82, 2.24) is 14.8 Å². The van der Waals surface area contributed by atoms with E-state index in [9.17, 15) is 17.2 Å². The Kier molecular flexibility index (Phi) is 5.87. The first-order valence-electron chi connectivity index (χ1n) is 9.66. The summed E-state index contributed by atoms with van der Waals surface area (Å²) >= 11 is 0. The van der Waals surface area contributed by atoms with E-state index in [0.29, 0.717) is 0 Å². The Morgan fingerprint density at radius 1 is 1.19 bits per heavy atom. The van der Waals surface area contributed by atoms with Crippen LogP contribution in [-0.2, 0) is 31.2 Å². The molecule has 1 aliphatic rings. The average Bonchev–Trinajstić information content (AvgIpc) is 3.38. The van der Waals surface area contributed by atoms with Gasteiger partial charge in [0.15, 0.2) is 0 Å². The van der Waals surface area contributed by atoms with Gasteiger partial charge in [0.25, 0.3) is 10.1 Å². The second-order valence-corrected chi connectivity index (χ2v) is 9.23. The largest absolute Gasteiger partial charge is 0.368 e. The summed E-state index contributed by atoms with van der Waals surface area (Å²) in [6.07, 6.45) is 2.89. The summed E-state index contributed by atoms with van der Waals surface area (Å²) in [5.74, 6) is -1.88. The number of benzene rings is 2. The lowest BCUT2D eigenvalue weighted by atomic mass is 9.86. The third-order valence-electron chi connectivity index (χ3n) is 5.28. The molecule has 2 heterocycles. The van der Waals surface area contributed by atoms with E-state index in [1.54, 1.807) is 12.1 Å². The molecule has 2 aromatic carbocycles. The van der Waals surface area contributed by atoms with Crippen LogP contribution >= 0.6 is 0 Å². The zero-order chi connectivity index (χ0) is 22.1. The van der Waals surface area contributed by atoms with Gasteiger partial charge in [0.05, 0.1) is 30.2 Å². The molecular formula is C21H21F2N3O4S. The molecule has 3 aromatic rings. The van der Waals surface area contributed by atoms with Crippen LogP contribution in [0, 0.1) is 24.5 Å². The Bertz CT molecular complexity index is 1130. The van der Waals surface area contributed by atoms with Crippen molar-refractivity contribution in [2.75, 3.05) is 13.2 Å². The van der Waals surface area contributed by atoms with Gasteiger partial charge in [-0.15, -0.1) is 0 Å². The maximum Gasteiger partial charge on any atom is 0.296 e. The molecule has 1 aliphatic heterocycles. The molecule has 1 saturated heterocycles. The maximum absolute atomic E-state index is 14.6. The quantitative estimate of drug-likeness (QED) is 0.515. The summed E-state index contributed by atoms with van der Waals surface area (Å²) < 4.78 is 66.8. The molecule has 0 amide bonds. The number of halogens is 2. The molecule has 0 radical (unpaired) electrons. The molecule has 31 heavy (non-hydrogen) atoms. The minimum absolute atomic E-state index is 0.0199. The van der Waals surface area contributed by atoms with E-state index in [1.807, 2.05) is 6.92 Å². The van der Waals surface area contributed by atoms with E-state index < -0.39 is 33.3 Å². The van der Waals surface area contributed by atoms with Crippen molar-refractivity contribution < 1.29 is 26.1 Å². The predicted molar refractivity (Wildman–Crippen MR) is 106 cm³/mol. The lowest BCUT2D eigenvalue weighted by Crippen LogP contribution is -2.34. The SMILES string of the molecule is Cc1ccc(S(=O)(=O)OC[C@@H]2CO[C@@](Cn3cncn3)(c3c(F)cccc3F)C2)cc1. The minimum Gasteiger partial charge on any atom is -0.368 e. The van der Waals surface area contributed by atoms with E-state index >= 15 is 0 Å². The van der Waals surface area contributed by atoms with Crippen molar-refractivity contribution in [3.8, 4) is 0 Å². The van der Waals surface area contributed by atoms with Crippen molar-refractivity contribution in [2.45, 2.75) is 30.4 Å². The van der Waals surface area contributed by atoms with Crippen LogP contribution in [0.25, 0.3) is 0 Å². The number of hydrogen-bond donors (Lipinski definition) is 0. The van der Waals surface area contributed by atoms with E-state index in [-0.39, 0.29) is 36.6 Å². The molecule has 1 fully saturated rings. The molecular weight excluding hydrogens is 428 g/mol. The summed E-state index contributed by atoms with van der Waals surface area (Å²) in [5, 5.41) is 4.02. The summed E-state index contributed by atoms with van der Waals surface area (Å²) in [6.45, 7) is 1.77. The number of aryl methyl sites for hydroxylation is 1. The first kappa shape index (κ1) is 21.5. The van der Waals surface area contributed by atoms with Gasteiger partial charge in [0, 0.05) is 5.92 Å². The van der Waals surface area contributed by atoms with Gasteiger partial charge < -0.3 is 4.74 Å². The Hall–Kier alpha value is -2.69. The van der Waals surface area contributed by atoms with E-state index in [1.165, 1.54) is 35.5 Å². The third-order valence-corrected chi connectivity index (χ3v) is 6.58. The van der Waals surface area contributed by atoms with Crippen molar-refractivity contribution in [3.63, 3.8) is 0 Å². The molecule has 0 unspecified atom stereocenters. The van der Waals surface area contributed by atoms with Gasteiger partial charge in [-0.25, -0.2) is 18.4 Å². The van der Waals surface area contributed by atoms with Crippen molar-refractivity contribution in [2.24, 2.45) is 5.92 Å². The van der Waals surface area contributed by atoms with E-state index in [4.69, 9.17) is 8.92 Å². The molecule has 2 atom stereocenters. The summed E-state index contributed by atoms with van der Waals surface area (Å²) in [5.41, 5.74) is -0.660. The van der Waals surface area contributed by atoms with Crippen molar-refractivity contribution in [1.29, 1.82) is 0 Å². The first-order valence-corrected chi connectivity index (χ1v) is 11.1. The number of ether oxygens (including phenoxy) is 1. The fourth-order valence-corrected chi connectivity index (χ4v) is 4.78. The first-order chi connectivity index (χ1) is 14.8. The number of nitrogens with zero attached hydrogens (tertiary/aromatic N) is 3. The molecule has 0 saturated carbocycles. The standard InChI is InChI=1S/C21H21F2N3O4S/c1-15-5-7-17(8-6-15)31(27,28)30-11-16-9-21(29-10-16,12-26-14-24-13-25-26)20-18(22)3-2-4-19(20)23/h2-8,13-14,16H,9-12H2,1H3/t16-,21-/m0/s1. The van der Waals surface area contributed by atoms with Crippen LogP contribution < -0.4 is 0 Å². The molecule has 7 nitrogen and oxygen atoms in total. The van der Waals surface area contributed by atoms with Crippen LogP contribution in [0.4, 0.5) is 8.78 Å². The van der Waals surface area contributed by atoms with Crippen LogP contribution in [0.5, 0.6) is 0 Å². The molecule has 0 bridgehead atoms. The highest BCUT2D eigenvalue weighted by Gasteiger charge is 2.46. The highest BCUT2D eigenvalue weighted by atomic mass is 32.2. The Balaban J connectivity index is 1.55. The van der Waals surface area contributed by atoms with Crippen LogP contribution in [0.3, 0.4) is 0 Å². The van der Waals surface area contributed by atoms with Gasteiger partial charge in [-0.05, 0) is 37.6 Å². The van der Waals surface area contributed by atoms with E-state index in [0.717, 1.165) is 17.7 Å². The van der Waals surface area contributed by atoms with Crippen LogP contribution in [0.1, 0.15) is 17.5 Å². The highest BCUT2D eigenvalue weighted by Crippen LogP contribution is 2.43. The van der Waals surface area contributed by atoms with Gasteiger partial charge in [-0.2, -0.15) is 13.5 Å². The fourth-order valence-electron chi connectivity index (χ4n) is 3.80. The Morgan fingerprint density at radius 2 is 1.90 bits per heavy atom. The number of hydrogen-bond acceptors (Lipinski definition) is 6.